The van der Waals surface area contributed by atoms with Crippen LogP contribution in [0, 0.1) is 0 Å². The lowest BCUT2D eigenvalue weighted by atomic mass is 10.0. The first kappa shape index (κ1) is 15.7. The third kappa shape index (κ3) is 3.49. The number of hydrogen-bond acceptors (Lipinski definition) is 4. The second-order valence-electron chi connectivity index (χ2n) is 6.27. The number of ether oxygens (including phenoxy) is 1. The van der Waals surface area contributed by atoms with Gasteiger partial charge in [-0.25, -0.2) is 0 Å². The van der Waals surface area contributed by atoms with Crippen molar-refractivity contribution in [1.82, 2.24) is 9.88 Å². The molecule has 0 spiro atoms. The number of pyridine rings is 1. The van der Waals surface area contributed by atoms with E-state index < -0.39 is 0 Å². The van der Waals surface area contributed by atoms with E-state index in [1.54, 1.807) is 18.5 Å². The van der Waals surface area contributed by atoms with Gasteiger partial charge in [0, 0.05) is 43.2 Å². The highest BCUT2D eigenvalue weighted by Crippen LogP contribution is 2.37. The summed E-state index contributed by atoms with van der Waals surface area (Å²) >= 11 is 0. The molecule has 0 aliphatic carbocycles. The number of hydrogen-bond donors (Lipinski definition) is 1. The van der Waals surface area contributed by atoms with Gasteiger partial charge in [-0.15, -0.1) is 0 Å². The van der Waals surface area contributed by atoms with Gasteiger partial charge in [-0.3, -0.25) is 9.88 Å². The molecule has 0 fully saturated rings. The highest BCUT2D eigenvalue weighted by atomic mass is 16.5. The summed E-state index contributed by atoms with van der Waals surface area (Å²) in [6.07, 6.45) is 3.55. The van der Waals surface area contributed by atoms with Crippen molar-refractivity contribution in [2.24, 2.45) is 0 Å². The molecule has 25 heavy (non-hydrogen) atoms. The minimum Gasteiger partial charge on any atom is -0.504 e. The van der Waals surface area contributed by atoms with Crippen LogP contribution in [0.25, 0.3) is 11.1 Å². The Morgan fingerprint density at radius 1 is 1.04 bits per heavy atom. The van der Waals surface area contributed by atoms with Gasteiger partial charge in [0.15, 0.2) is 11.5 Å². The maximum atomic E-state index is 10.4. The van der Waals surface area contributed by atoms with Gasteiger partial charge >= 0.3 is 0 Å². The number of benzene rings is 2. The molecule has 0 atom stereocenters. The van der Waals surface area contributed by atoms with Crippen LogP contribution in [0.15, 0.2) is 67.0 Å². The number of rotatable bonds is 3. The van der Waals surface area contributed by atoms with Gasteiger partial charge in [0.05, 0.1) is 0 Å². The summed E-state index contributed by atoms with van der Waals surface area (Å²) in [5, 5.41) is 10.4. The normalized spacial score (nSPS) is 14.4. The van der Waals surface area contributed by atoms with E-state index in [-0.39, 0.29) is 5.75 Å². The molecule has 0 saturated carbocycles. The van der Waals surface area contributed by atoms with Crippen LogP contribution in [-0.4, -0.2) is 28.1 Å². The Bertz CT molecular complexity index is 851. The minimum atomic E-state index is 0.193. The molecule has 0 bridgehead atoms. The number of phenolic OH excluding ortho intramolecular Hbond substituents is 1. The summed E-state index contributed by atoms with van der Waals surface area (Å²) in [5.74, 6) is 0.793. The van der Waals surface area contributed by atoms with E-state index in [1.807, 2.05) is 18.2 Å². The van der Waals surface area contributed by atoms with E-state index in [9.17, 15) is 5.11 Å². The maximum absolute atomic E-state index is 10.4. The summed E-state index contributed by atoms with van der Waals surface area (Å²) in [6.45, 7) is 3.00. The van der Waals surface area contributed by atoms with E-state index in [4.69, 9.17) is 4.74 Å². The molecule has 1 aliphatic heterocycles. The lowest BCUT2D eigenvalue weighted by molar-refractivity contribution is 0.217. The molecule has 2 heterocycles. The van der Waals surface area contributed by atoms with E-state index in [2.05, 4.69) is 40.2 Å². The standard InChI is InChI=1S/C21H20N2O2/c24-20-12-18(17-7-4-8-22-13-17)11-19-15-23(9-10-25-21(19)20)14-16-5-2-1-3-6-16/h1-8,11-13,24H,9-10,14-15H2. The zero-order valence-electron chi connectivity index (χ0n) is 13.9. The molecule has 3 aromatic rings. The van der Waals surface area contributed by atoms with Gasteiger partial charge in [0.25, 0.3) is 0 Å². The molecular weight excluding hydrogens is 312 g/mol. The predicted molar refractivity (Wildman–Crippen MR) is 97.4 cm³/mol. The molecule has 4 nitrogen and oxygen atoms in total. The molecule has 2 aromatic carbocycles. The lowest BCUT2D eigenvalue weighted by Crippen LogP contribution is -2.25. The monoisotopic (exact) mass is 332 g/mol. The maximum Gasteiger partial charge on any atom is 0.165 e. The van der Waals surface area contributed by atoms with Crippen LogP contribution < -0.4 is 4.74 Å². The van der Waals surface area contributed by atoms with Crippen molar-refractivity contribution in [2.45, 2.75) is 13.1 Å². The molecular formula is C21H20N2O2. The average molecular weight is 332 g/mol. The average Bonchev–Trinajstić information content (AvgIpc) is 2.85. The molecule has 1 aliphatic rings. The molecule has 4 rings (SSSR count). The Kier molecular flexibility index (Phi) is 4.36. The fraction of sp³-hybridized carbons (Fsp3) is 0.190. The quantitative estimate of drug-likeness (QED) is 0.791. The topological polar surface area (TPSA) is 45.6 Å². The Morgan fingerprint density at radius 2 is 1.92 bits per heavy atom. The largest absolute Gasteiger partial charge is 0.504 e. The van der Waals surface area contributed by atoms with Crippen LogP contribution in [-0.2, 0) is 13.1 Å². The SMILES string of the molecule is Oc1cc(-c2cccnc2)cc2c1OCCN(Cc1ccccc1)C2. The van der Waals surface area contributed by atoms with Gasteiger partial charge < -0.3 is 9.84 Å². The first-order valence-electron chi connectivity index (χ1n) is 8.45. The number of aromatic hydroxyl groups is 1. The number of nitrogens with zero attached hydrogens (tertiary/aromatic N) is 2. The highest BCUT2D eigenvalue weighted by molar-refractivity contribution is 5.68. The molecule has 126 valence electrons. The van der Waals surface area contributed by atoms with E-state index in [0.717, 1.165) is 36.3 Å². The van der Waals surface area contributed by atoms with E-state index in [1.165, 1.54) is 5.56 Å². The molecule has 0 radical (unpaired) electrons. The van der Waals surface area contributed by atoms with Crippen LogP contribution >= 0.6 is 0 Å². The van der Waals surface area contributed by atoms with Gasteiger partial charge in [0.2, 0.25) is 0 Å². The van der Waals surface area contributed by atoms with Crippen molar-refractivity contribution >= 4 is 0 Å². The highest BCUT2D eigenvalue weighted by Gasteiger charge is 2.20. The van der Waals surface area contributed by atoms with Gasteiger partial charge in [-0.2, -0.15) is 0 Å². The van der Waals surface area contributed by atoms with Crippen molar-refractivity contribution in [3.05, 3.63) is 78.1 Å². The van der Waals surface area contributed by atoms with Crippen LogP contribution in [0.1, 0.15) is 11.1 Å². The van der Waals surface area contributed by atoms with Gasteiger partial charge in [0.1, 0.15) is 6.61 Å². The Hall–Kier alpha value is -2.85. The zero-order valence-corrected chi connectivity index (χ0v) is 13.9. The molecule has 0 unspecified atom stereocenters. The number of aromatic nitrogens is 1. The fourth-order valence-electron chi connectivity index (χ4n) is 3.23. The zero-order chi connectivity index (χ0) is 17.1. The summed E-state index contributed by atoms with van der Waals surface area (Å²) < 4.78 is 5.83. The molecule has 0 amide bonds. The van der Waals surface area contributed by atoms with Crippen LogP contribution in [0.4, 0.5) is 0 Å². The van der Waals surface area contributed by atoms with Crippen molar-refractivity contribution in [1.29, 1.82) is 0 Å². The van der Waals surface area contributed by atoms with Crippen LogP contribution in [0.5, 0.6) is 11.5 Å². The predicted octanol–water partition coefficient (Wildman–Crippen LogP) is 3.85. The summed E-state index contributed by atoms with van der Waals surface area (Å²) in [6, 6.07) is 18.2. The van der Waals surface area contributed by atoms with E-state index >= 15 is 0 Å². The summed E-state index contributed by atoms with van der Waals surface area (Å²) in [7, 11) is 0. The minimum absolute atomic E-state index is 0.193. The molecule has 0 saturated heterocycles. The van der Waals surface area contributed by atoms with E-state index in [0.29, 0.717) is 12.4 Å². The Labute approximate surface area is 147 Å². The summed E-state index contributed by atoms with van der Waals surface area (Å²) in [4.78, 5) is 6.51. The molecule has 1 aromatic heterocycles. The second kappa shape index (κ2) is 6.95. The van der Waals surface area contributed by atoms with Crippen molar-refractivity contribution < 1.29 is 9.84 Å². The number of phenols is 1. The Morgan fingerprint density at radius 3 is 2.72 bits per heavy atom. The third-order valence-corrected chi connectivity index (χ3v) is 4.44. The molecule has 4 heteroatoms. The first-order chi connectivity index (χ1) is 12.3. The van der Waals surface area contributed by atoms with Gasteiger partial charge in [-0.05, 0) is 29.3 Å². The van der Waals surface area contributed by atoms with Crippen LogP contribution in [0.2, 0.25) is 0 Å². The first-order valence-corrected chi connectivity index (χ1v) is 8.45. The lowest BCUT2D eigenvalue weighted by Gasteiger charge is -2.19. The number of fused-ring (bicyclic) bond motifs is 1. The third-order valence-electron chi connectivity index (χ3n) is 4.44. The Balaban J connectivity index is 1.64. The second-order valence-corrected chi connectivity index (χ2v) is 6.27. The van der Waals surface area contributed by atoms with Crippen LogP contribution in [0.3, 0.4) is 0 Å². The van der Waals surface area contributed by atoms with Crippen molar-refractivity contribution in [3.63, 3.8) is 0 Å². The van der Waals surface area contributed by atoms with Crippen molar-refractivity contribution in [3.8, 4) is 22.6 Å². The summed E-state index contributed by atoms with van der Waals surface area (Å²) in [5.41, 5.74) is 4.22. The van der Waals surface area contributed by atoms with Gasteiger partial charge in [-0.1, -0.05) is 36.4 Å². The fourth-order valence-corrected chi connectivity index (χ4v) is 3.23. The van der Waals surface area contributed by atoms with Crippen molar-refractivity contribution in [2.75, 3.05) is 13.2 Å². The smallest absolute Gasteiger partial charge is 0.165 e. The molecule has 1 N–H and O–H groups in total.